The molecule has 0 atom stereocenters. The number of nitrogens with one attached hydrogen (secondary N) is 1. The van der Waals surface area contributed by atoms with Crippen molar-refractivity contribution in [3.05, 3.63) is 34.9 Å². The number of esters is 1. The molecule has 110 valence electrons. The third-order valence-corrected chi connectivity index (χ3v) is 3.22. The largest absolute Gasteiger partial charge is 0.460 e. The van der Waals surface area contributed by atoms with E-state index >= 15 is 0 Å². The Bertz CT molecular complexity index is 447. The second-order valence-electron chi connectivity index (χ2n) is 4.65. The van der Waals surface area contributed by atoms with Gasteiger partial charge in [0.25, 0.3) is 0 Å². The van der Waals surface area contributed by atoms with Gasteiger partial charge in [0, 0.05) is 13.7 Å². The fraction of sp³-hybridized carbons (Fsp3) is 0.533. The summed E-state index contributed by atoms with van der Waals surface area (Å²) < 4.78 is 15.3. The molecular formula is C15H21NO4. The Labute approximate surface area is 119 Å². The van der Waals surface area contributed by atoms with Gasteiger partial charge < -0.3 is 19.5 Å². The zero-order valence-corrected chi connectivity index (χ0v) is 11.8. The first-order valence-corrected chi connectivity index (χ1v) is 6.87. The van der Waals surface area contributed by atoms with Crippen molar-refractivity contribution in [2.45, 2.75) is 13.0 Å². The molecule has 20 heavy (non-hydrogen) atoms. The van der Waals surface area contributed by atoms with Crippen LogP contribution in [0.3, 0.4) is 0 Å². The lowest BCUT2D eigenvalue weighted by atomic mass is 9.99. The summed E-state index contributed by atoms with van der Waals surface area (Å²) in [6.07, 6.45) is 1.01. The van der Waals surface area contributed by atoms with Crippen LogP contribution >= 0.6 is 0 Å². The highest BCUT2D eigenvalue weighted by Gasteiger charge is 2.13. The summed E-state index contributed by atoms with van der Waals surface area (Å²) in [6, 6.07) is 5.76. The summed E-state index contributed by atoms with van der Waals surface area (Å²) in [6.45, 7) is 3.52. The van der Waals surface area contributed by atoms with E-state index in [1.54, 1.807) is 7.11 Å². The van der Waals surface area contributed by atoms with Crippen LogP contribution < -0.4 is 5.32 Å². The number of carbonyl (C=O) groups excluding carboxylic acids is 1. The summed E-state index contributed by atoms with van der Waals surface area (Å²) in [4.78, 5) is 11.9. The molecule has 0 saturated heterocycles. The fourth-order valence-electron chi connectivity index (χ4n) is 2.13. The number of benzene rings is 1. The van der Waals surface area contributed by atoms with E-state index in [1.165, 1.54) is 11.1 Å². The molecule has 1 aliphatic heterocycles. The molecule has 1 heterocycles. The highest BCUT2D eigenvalue weighted by molar-refractivity contribution is 5.89. The van der Waals surface area contributed by atoms with Gasteiger partial charge in [-0.2, -0.15) is 0 Å². The second kappa shape index (κ2) is 7.99. The van der Waals surface area contributed by atoms with Crippen LogP contribution in [0.4, 0.5) is 0 Å². The summed E-state index contributed by atoms with van der Waals surface area (Å²) in [5.74, 6) is -0.297. The van der Waals surface area contributed by atoms with Gasteiger partial charge in [-0.05, 0) is 36.2 Å². The Hall–Kier alpha value is -1.43. The summed E-state index contributed by atoms with van der Waals surface area (Å²) in [5, 5.41) is 3.29. The number of hydrogen-bond acceptors (Lipinski definition) is 5. The average molecular weight is 279 g/mol. The topological polar surface area (TPSA) is 56.8 Å². The zero-order valence-electron chi connectivity index (χ0n) is 11.8. The summed E-state index contributed by atoms with van der Waals surface area (Å²) >= 11 is 0. The summed E-state index contributed by atoms with van der Waals surface area (Å²) in [5.41, 5.74) is 3.09. The Kier molecular flexibility index (Phi) is 5.98. The minimum absolute atomic E-state index is 0.262. The number of methoxy groups -OCH3 is 1. The quantitative estimate of drug-likeness (QED) is 0.599. The van der Waals surface area contributed by atoms with Gasteiger partial charge in [0.15, 0.2) is 0 Å². The van der Waals surface area contributed by atoms with E-state index in [0.717, 1.165) is 19.5 Å². The monoisotopic (exact) mass is 279 g/mol. The number of carbonyl (C=O) groups is 1. The van der Waals surface area contributed by atoms with E-state index in [-0.39, 0.29) is 12.6 Å². The first-order chi connectivity index (χ1) is 9.81. The minimum atomic E-state index is -0.297. The SMILES string of the molecule is COCCOCCOC(=O)c1ccc2c(c1)CNCC2. The minimum Gasteiger partial charge on any atom is -0.460 e. The molecule has 5 nitrogen and oxygen atoms in total. The van der Waals surface area contributed by atoms with E-state index in [4.69, 9.17) is 14.2 Å². The lowest BCUT2D eigenvalue weighted by molar-refractivity contribution is 0.0213. The molecule has 5 heteroatoms. The van der Waals surface area contributed by atoms with Crippen molar-refractivity contribution < 1.29 is 19.0 Å². The maximum absolute atomic E-state index is 11.9. The Morgan fingerprint density at radius 1 is 1.20 bits per heavy atom. The number of fused-ring (bicyclic) bond motifs is 1. The second-order valence-corrected chi connectivity index (χ2v) is 4.65. The van der Waals surface area contributed by atoms with Gasteiger partial charge in [-0.3, -0.25) is 0 Å². The van der Waals surface area contributed by atoms with Crippen molar-refractivity contribution in [1.29, 1.82) is 0 Å². The van der Waals surface area contributed by atoms with Gasteiger partial charge in [-0.25, -0.2) is 4.79 Å². The Morgan fingerprint density at radius 3 is 2.90 bits per heavy atom. The van der Waals surface area contributed by atoms with Gasteiger partial charge in [0.2, 0.25) is 0 Å². The van der Waals surface area contributed by atoms with Crippen molar-refractivity contribution in [2.24, 2.45) is 0 Å². The van der Waals surface area contributed by atoms with E-state index < -0.39 is 0 Å². The first-order valence-electron chi connectivity index (χ1n) is 6.87. The molecule has 2 rings (SSSR count). The molecule has 1 aromatic rings. The van der Waals surface area contributed by atoms with Crippen LogP contribution in [0.1, 0.15) is 21.5 Å². The number of hydrogen-bond donors (Lipinski definition) is 1. The molecule has 1 aromatic carbocycles. The summed E-state index contributed by atoms with van der Waals surface area (Å²) in [7, 11) is 1.62. The fourth-order valence-corrected chi connectivity index (χ4v) is 2.13. The average Bonchev–Trinajstić information content (AvgIpc) is 2.50. The van der Waals surface area contributed by atoms with Crippen molar-refractivity contribution in [2.75, 3.05) is 40.1 Å². The van der Waals surface area contributed by atoms with Crippen molar-refractivity contribution >= 4 is 5.97 Å². The van der Waals surface area contributed by atoms with Gasteiger partial charge in [0.1, 0.15) is 6.61 Å². The van der Waals surface area contributed by atoms with E-state index in [1.807, 2.05) is 18.2 Å². The molecule has 0 saturated carbocycles. The maximum atomic E-state index is 11.9. The Morgan fingerprint density at radius 2 is 2.05 bits per heavy atom. The van der Waals surface area contributed by atoms with Crippen LogP contribution in [-0.2, 0) is 27.2 Å². The lowest BCUT2D eigenvalue weighted by Gasteiger charge is -2.17. The predicted molar refractivity (Wildman–Crippen MR) is 74.8 cm³/mol. The first kappa shape index (κ1) is 15.0. The van der Waals surface area contributed by atoms with Crippen LogP contribution in [-0.4, -0.2) is 46.1 Å². The van der Waals surface area contributed by atoms with Crippen LogP contribution in [0.5, 0.6) is 0 Å². The number of ether oxygens (including phenoxy) is 3. The molecule has 1 N–H and O–H groups in total. The van der Waals surface area contributed by atoms with Gasteiger partial charge in [-0.1, -0.05) is 6.07 Å². The van der Waals surface area contributed by atoms with Crippen molar-refractivity contribution in [3.63, 3.8) is 0 Å². The molecule has 0 aromatic heterocycles. The Balaban J connectivity index is 1.77. The molecule has 0 bridgehead atoms. The standard InChI is InChI=1S/C15H21NO4/c1-18-6-7-19-8-9-20-15(17)13-3-2-12-4-5-16-11-14(12)10-13/h2-3,10,16H,4-9,11H2,1H3. The lowest BCUT2D eigenvalue weighted by Crippen LogP contribution is -2.24. The smallest absolute Gasteiger partial charge is 0.338 e. The molecule has 0 aliphatic carbocycles. The van der Waals surface area contributed by atoms with Crippen LogP contribution in [0.2, 0.25) is 0 Å². The molecule has 0 amide bonds. The predicted octanol–water partition coefficient (Wildman–Crippen LogP) is 1.15. The van der Waals surface area contributed by atoms with E-state index in [0.29, 0.717) is 25.4 Å². The van der Waals surface area contributed by atoms with Crippen LogP contribution in [0.15, 0.2) is 18.2 Å². The van der Waals surface area contributed by atoms with Crippen molar-refractivity contribution in [3.8, 4) is 0 Å². The van der Waals surface area contributed by atoms with E-state index in [2.05, 4.69) is 5.32 Å². The van der Waals surface area contributed by atoms with Gasteiger partial charge >= 0.3 is 5.97 Å². The molecular weight excluding hydrogens is 258 g/mol. The molecule has 0 radical (unpaired) electrons. The third-order valence-electron chi connectivity index (χ3n) is 3.22. The molecule has 0 fully saturated rings. The highest BCUT2D eigenvalue weighted by Crippen LogP contribution is 2.16. The van der Waals surface area contributed by atoms with Crippen molar-refractivity contribution in [1.82, 2.24) is 5.32 Å². The molecule has 0 unspecified atom stereocenters. The zero-order chi connectivity index (χ0) is 14.2. The van der Waals surface area contributed by atoms with E-state index in [9.17, 15) is 4.79 Å². The van der Waals surface area contributed by atoms with Gasteiger partial charge in [-0.15, -0.1) is 0 Å². The highest BCUT2D eigenvalue weighted by atomic mass is 16.6. The number of rotatable bonds is 7. The normalized spacial score (nSPS) is 13.8. The van der Waals surface area contributed by atoms with Gasteiger partial charge in [0.05, 0.1) is 25.4 Å². The third kappa shape index (κ3) is 4.30. The molecule has 0 spiro atoms. The maximum Gasteiger partial charge on any atom is 0.338 e. The molecule has 1 aliphatic rings. The van der Waals surface area contributed by atoms with Crippen LogP contribution in [0, 0.1) is 0 Å². The van der Waals surface area contributed by atoms with Crippen LogP contribution in [0.25, 0.3) is 0 Å².